The molecule has 1 aliphatic rings. The van der Waals surface area contributed by atoms with Crippen LogP contribution in [0.1, 0.15) is 27.2 Å². The smallest absolute Gasteiger partial charge is 0.326 e. The van der Waals surface area contributed by atoms with Crippen LogP contribution in [0.15, 0.2) is 54.6 Å². The van der Waals surface area contributed by atoms with E-state index >= 15 is 0 Å². The Labute approximate surface area is 204 Å². The molecule has 8 nitrogen and oxygen atoms in total. The third-order valence-corrected chi connectivity index (χ3v) is 6.37. The van der Waals surface area contributed by atoms with Crippen molar-refractivity contribution in [2.45, 2.75) is 45.4 Å². The zero-order chi connectivity index (χ0) is 25.3. The lowest BCUT2D eigenvalue weighted by Crippen LogP contribution is -2.53. The molecule has 4 rings (SSSR count). The first-order valence-corrected chi connectivity index (χ1v) is 11.6. The lowest BCUT2D eigenvalue weighted by atomic mass is 9.86. The summed E-state index contributed by atoms with van der Waals surface area (Å²) in [7, 11) is 1.60. The number of carbonyl (C=O) groups is 2. The molecule has 2 heterocycles. The minimum Gasteiger partial charge on any atom is -0.497 e. The molecule has 1 amide bonds. The van der Waals surface area contributed by atoms with Gasteiger partial charge in [-0.3, -0.25) is 4.79 Å². The summed E-state index contributed by atoms with van der Waals surface area (Å²) in [4.78, 5) is 31.2. The standard InChI is InChI=1S/C27H31N3O5/c1-27(2,3)24(28)25(31)30-15-18(13-22(30)26(32)33)35-23-14-20(16-8-6-5-7-9-16)29-21-12-17(34-4)10-11-19(21)23/h5-12,14,18,22,24H,13,15,28H2,1-4H3,(H,32,33). The van der Waals surface area contributed by atoms with Crippen LogP contribution in [-0.4, -0.2) is 58.7 Å². The summed E-state index contributed by atoms with van der Waals surface area (Å²) in [5.41, 5.74) is 8.01. The number of carboxylic acid groups (broad SMARTS) is 1. The maximum absolute atomic E-state index is 13.1. The van der Waals surface area contributed by atoms with E-state index < -0.39 is 29.6 Å². The Bertz CT molecular complexity index is 1240. The topological polar surface area (TPSA) is 115 Å². The van der Waals surface area contributed by atoms with Gasteiger partial charge in [-0.05, 0) is 17.5 Å². The van der Waals surface area contributed by atoms with Gasteiger partial charge in [-0.1, -0.05) is 51.1 Å². The molecule has 1 aliphatic heterocycles. The molecule has 1 fully saturated rings. The van der Waals surface area contributed by atoms with Crippen molar-refractivity contribution in [2.24, 2.45) is 11.1 Å². The highest BCUT2D eigenvalue weighted by Gasteiger charge is 2.44. The van der Waals surface area contributed by atoms with Gasteiger partial charge < -0.3 is 25.2 Å². The summed E-state index contributed by atoms with van der Waals surface area (Å²) in [5, 5.41) is 10.6. The molecule has 0 saturated carbocycles. The molecule has 35 heavy (non-hydrogen) atoms. The van der Waals surface area contributed by atoms with Gasteiger partial charge in [0.15, 0.2) is 0 Å². The Kier molecular flexibility index (Phi) is 6.67. The van der Waals surface area contributed by atoms with Crippen molar-refractivity contribution >= 4 is 22.8 Å². The van der Waals surface area contributed by atoms with E-state index in [1.165, 1.54) is 4.90 Å². The highest BCUT2D eigenvalue weighted by Crippen LogP contribution is 2.35. The highest BCUT2D eigenvalue weighted by molar-refractivity contribution is 5.90. The number of rotatable bonds is 6. The third kappa shape index (κ3) is 5.07. The fourth-order valence-electron chi connectivity index (χ4n) is 4.25. The minimum absolute atomic E-state index is 0.139. The molecule has 0 aliphatic carbocycles. The first-order valence-electron chi connectivity index (χ1n) is 11.6. The number of benzene rings is 2. The lowest BCUT2D eigenvalue weighted by molar-refractivity contribution is -0.149. The number of fused-ring (bicyclic) bond motifs is 1. The van der Waals surface area contributed by atoms with Gasteiger partial charge in [0.25, 0.3) is 0 Å². The number of pyridine rings is 1. The first kappa shape index (κ1) is 24.5. The Morgan fingerprint density at radius 2 is 1.86 bits per heavy atom. The third-order valence-electron chi connectivity index (χ3n) is 6.37. The van der Waals surface area contributed by atoms with Crippen LogP contribution in [-0.2, 0) is 9.59 Å². The summed E-state index contributed by atoms with van der Waals surface area (Å²) in [6.07, 6.45) is -0.345. The van der Waals surface area contributed by atoms with Gasteiger partial charge in [0, 0.05) is 29.5 Å². The number of carboxylic acids is 1. The van der Waals surface area contributed by atoms with E-state index in [4.69, 9.17) is 20.2 Å². The normalized spacial score (nSPS) is 18.9. The summed E-state index contributed by atoms with van der Waals surface area (Å²) in [5.74, 6) is -0.217. The number of likely N-dealkylation sites (tertiary alicyclic amines) is 1. The zero-order valence-electron chi connectivity index (χ0n) is 20.4. The quantitative estimate of drug-likeness (QED) is 0.556. The molecule has 0 bridgehead atoms. The predicted octanol–water partition coefficient (Wildman–Crippen LogP) is 3.72. The number of methoxy groups -OCH3 is 1. The summed E-state index contributed by atoms with van der Waals surface area (Å²) >= 11 is 0. The molecule has 1 aromatic heterocycles. The molecule has 1 saturated heterocycles. The van der Waals surface area contributed by atoms with Crippen LogP contribution in [0.2, 0.25) is 0 Å². The second kappa shape index (κ2) is 9.54. The van der Waals surface area contributed by atoms with E-state index in [0.717, 1.165) is 16.6 Å². The number of aromatic nitrogens is 1. The van der Waals surface area contributed by atoms with Crippen molar-refractivity contribution in [1.82, 2.24) is 9.88 Å². The van der Waals surface area contributed by atoms with E-state index in [1.807, 2.05) is 75.4 Å². The van der Waals surface area contributed by atoms with Crippen LogP contribution in [0.3, 0.4) is 0 Å². The monoisotopic (exact) mass is 477 g/mol. The highest BCUT2D eigenvalue weighted by atomic mass is 16.5. The average molecular weight is 478 g/mol. The number of amides is 1. The number of hydrogen-bond donors (Lipinski definition) is 2. The molecular formula is C27H31N3O5. The lowest BCUT2D eigenvalue weighted by Gasteiger charge is -2.31. The van der Waals surface area contributed by atoms with E-state index in [-0.39, 0.29) is 18.9 Å². The van der Waals surface area contributed by atoms with Gasteiger partial charge in [0.1, 0.15) is 23.6 Å². The van der Waals surface area contributed by atoms with Crippen molar-refractivity contribution in [1.29, 1.82) is 0 Å². The van der Waals surface area contributed by atoms with Crippen LogP contribution in [0, 0.1) is 5.41 Å². The number of aliphatic carboxylic acids is 1. The van der Waals surface area contributed by atoms with Gasteiger partial charge in [-0.15, -0.1) is 0 Å². The molecule has 0 spiro atoms. The largest absolute Gasteiger partial charge is 0.497 e. The zero-order valence-corrected chi connectivity index (χ0v) is 20.4. The Morgan fingerprint density at radius 3 is 2.49 bits per heavy atom. The maximum Gasteiger partial charge on any atom is 0.326 e. The molecule has 184 valence electrons. The SMILES string of the molecule is COc1ccc2c(OC3CC(C(=O)O)N(C(=O)C(N)C(C)(C)C)C3)cc(-c3ccccc3)nc2c1. The van der Waals surface area contributed by atoms with Gasteiger partial charge >= 0.3 is 5.97 Å². The molecular weight excluding hydrogens is 446 g/mol. The van der Waals surface area contributed by atoms with Gasteiger partial charge in [-0.25, -0.2) is 9.78 Å². The van der Waals surface area contributed by atoms with Crippen molar-refractivity contribution in [2.75, 3.05) is 13.7 Å². The molecule has 3 aromatic rings. The molecule has 3 unspecified atom stereocenters. The average Bonchev–Trinajstić information content (AvgIpc) is 3.26. The molecule has 3 atom stereocenters. The molecule has 2 aromatic carbocycles. The van der Waals surface area contributed by atoms with Crippen molar-refractivity contribution in [3.05, 3.63) is 54.6 Å². The Hall–Kier alpha value is -3.65. The van der Waals surface area contributed by atoms with E-state index in [2.05, 4.69) is 0 Å². The Balaban J connectivity index is 1.69. The van der Waals surface area contributed by atoms with Gasteiger partial charge in [0.2, 0.25) is 5.91 Å². The van der Waals surface area contributed by atoms with E-state index in [9.17, 15) is 14.7 Å². The fourth-order valence-corrected chi connectivity index (χ4v) is 4.25. The molecule has 3 N–H and O–H groups in total. The van der Waals surface area contributed by atoms with Crippen LogP contribution in [0.5, 0.6) is 11.5 Å². The van der Waals surface area contributed by atoms with Gasteiger partial charge in [0.05, 0.1) is 30.9 Å². The fraction of sp³-hybridized carbons (Fsp3) is 0.370. The summed E-state index contributed by atoms with van der Waals surface area (Å²) in [6, 6.07) is 15.3. The van der Waals surface area contributed by atoms with Crippen LogP contribution in [0.4, 0.5) is 0 Å². The van der Waals surface area contributed by atoms with Crippen LogP contribution < -0.4 is 15.2 Å². The predicted molar refractivity (Wildman–Crippen MR) is 133 cm³/mol. The maximum atomic E-state index is 13.1. The van der Waals surface area contributed by atoms with Crippen molar-refractivity contribution in [3.8, 4) is 22.8 Å². The number of ether oxygens (including phenoxy) is 2. The van der Waals surface area contributed by atoms with Gasteiger partial charge in [-0.2, -0.15) is 0 Å². The van der Waals surface area contributed by atoms with E-state index in [1.54, 1.807) is 7.11 Å². The van der Waals surface area contributed by atoms with Crippen molar-refractivity contribution < 1.29 is 24.2 Å². The number of nitrogens with zero attached hydrogens (tertiary/aromatic N) is 2. The van der Waals surface area contributed by atoms with Crippen molar-refractivity contribution in [3.63, 3.8) is 0 Å². The molecule has 0 radical (unpaired) electrons. The van der Waals surface area contributed by atoms with Crippen LogP contribution in [0.25, 0.3) is 22.2 Å². The van der Waals surface area contributed by atoms with E-state index in [0.29, 0.717) is 17.0 Å². The first-order chi connectivity index (χ1) is 16.6. The minimum atomic E-state index is -1.07. The Morgan fingerprint density at radius 1 is 1.14 bits per heavy atom. The summed E-state index contributed by atoms with van der Waals surface area (Å²) in [6.45, 7) is 5.72. The second-order valence-electron chi connectivity index (χ2n) is 9.92. The number of nitrogens with two attached hydrogens (primary N) is 1. The second-order valence-corrected chi connectivity index (χ2v) is 9.92. The number of carbonyl (C=O) groups excluding carboxylic acids is 1. The molecule has 8 heteroatoms. The number of hydrogen-bond acceptors (Lipinski definition) is 6. The summed E-state index contributed by atoms with van der Waals surface area (Å²) < 4.78 is 11.7. The van der Waals surface area contributed by atoms with Crippen LogP contribution >= 0.6 is 0 Å².